The molecule has 19 heavy (non-hydrogen) atoms. The summed E-state index contributed by atoms with van der Waals surface area (Å²) in [6, 6.07) is 3.21. The van der Waals surface area contributed by atoms with Crippen molar-refractivity contribution in [3.8, 4) is 0 Å². The number of anilines is 1. The molecule has 0 saturated heterocycles. The van der Waals surface area contributed by atoms with Gasteiger partial charge in [0.1, 0.15) is 5.82 Å². The van der Waals surface area contributed by atoms with E-state index in [-0.39, 0.29) is 18.1 Å². The number of rotatable bonds is 5. The second-order valence-electron chi connectivity index (χ2n) is 3.68. The highest BCUT2D eigenvalue weighted by Gasteiger charge is 2.05. The number of nitrogens with one attached hydrogen (secondary N) is 3. The summed E-state index contributed by atoms with van der Waals surface area (Å²) >= 11 is 5.55. The van der Waals surface area contributed by atoms with Crippen LogP contribution in [-0.4, -0.2) is 33.8 Å². The smallest absolute Gasteiger partial charge is 0.319 e. The molecular formula is C10H13ClFN3O3S. The first-order valence-corrected chi connectivity index (χ1v) is 7.49. The maximum absolute atomic E-state index is 12.9. The van der Waals surface area contributed by atoms with E-state index in [4.69, 9.17) is 11.6 Å². The second kappa shape index (κ2) is 6.69. The number of halogens is 2. The summed E-state index contributed by atoms with van der Waals surface area (Å²) in [5.41, 5.74) is 0.333. The largest absolute Gasteiger partial charge is 0.337 e. The van der Waals surface area contributed by atoms with E-state index in [0.29, 0.717) is 5.69 Å². The number of carbonyl (C=O) groups excluding carboxylic acids is 1. The molecule has 0 aliphatic rings. The Bertz CT molecular complexity index is 565. The number of hydrogen-bond acceptors (Lipinski definition) is 3. The van der Waals surface area contributed by atoms with E-state index in [0.717, 1.165) is 12.3 Å². The highest BCUT2D eigenvalue weighted by Crippen LogP contribution is 2.18. The van der Waals surface area contributed by atoms with Crippen LogP contribution < -0.4 is 15.4 Å². The lowest BCUT2D eigenvalue weighted by Crippen LogP contribution is -2.36. The van der Waals surface area contributed by atoms with Gasteiger partial charge in [0.05, 0.1) is 11.3 Å². The lowest BCUT2D eigenvalue weighted by atomic mass is 10.3. The highest BCUT2D eigenvalue weighted by atomic mass is 35.5. The van der Waals surface area contributed by atoms with Crippen molar-refractivity contribution in [1.29, 1.82) is 0 Å². The van der Waals surface area contributed by atoms with Gasteiger partial charge in [0.2, 0.25) is 10.0 Å². The first-order chi connectivity index (χ1) is 8.78. The van der Waals surface area contributed by atoms with Crippen molar-refractivity contribution in [2.24, 2.45) is 0 Å². The van der Waals surface area contributed by atoms with Gasteiger partial charge >= 0.3 is 6.03 Å². The highest BCUT2D eigenvalue weighted by molar-refractivity contribution is 7.88. The van der Waals surface area contributed by atoms with Crippen molar-refractivity contribution in [2.75, 3.05) is 24.7 Å². The van der Waals surface area contributed by atoms with Crippen LogP contribution in [0.1, 0.15) is 0 Å². The molecule has 1 aromatic rings. The Kier molecular flexibility index (Phi) is 5.52. The lowest BCUT2D eigenvalue weighted by Gasteiger charge is -2.08. The zero-order chi connectivity index (χ0) is 14.5. The van der Waals surface area contributed by atoms with Gasteiger partial charge in [-0.25, -0.2) is 22.3 Å². The minimum atomic E-state index is -3.27. The van der Waals surface area contributed by atoms with Gasteiger partial charge in [0.25, 0.3) is 0 Å². The van der Waals surface area contributed by atoms with Gasteiger partial charge < -0.3 is 10.6 Å². The zero-order valence-electron chi connectivity index (χ0n) is 10.0. The first-order valence-electron chi connectivity index (χ1n) is 5.22. The summed E-state index contributed by atoms with van der Waals surface area (Å²) in [6.45, 7) is 0.199. The normalized spacial score (nSPS) is 11.1. The molecule has 1 rings (SSSR count). The molecule has 0 atom stereocenters. The van der Waals surface area contributed by atoms with Gasteiger partial charge in [-0.2, -0.15) is 0 Å². The van der Waals surface area contributed by atoms with Gasteiger partial charge in [0, 0.05) is 18.8 Å². The van der Waals surface area contributed by atoms with Crippen molar-refractivity contribution >= 4 is 33.3 Å². The Balaban J connectivity index is 2.37. The number of urea groups is 1. The number of hydrogen-bond donors (Lipinski definition) is 3. The molecule has 0 aromatic heterocycles. The van der Waals surface area contributed by atoms with Crippen LogP contribution in [0.4, 0.5) is 14.9 Å². The van der Waals surface area contributed by atoms with E-state index in [1.54, 1.807) is 0 Å². The molecule has 6 nitrogen and oxygen atoms in total. The Morgan fingerprint density at radius 2 is 2.05 bits per heavy atom. The number of sulfonamides is 1. The molecule has 0 heterocycles. The number of benzene rings is 1. The summed E-state index contributed by atoms with van der Waals surface area (Å²) in [5.74, 6) is -0.579. The van der Waals surface area contributed by atoms with Gasteiger partial charge in [-0.1, -0.05) is 11.6 Å². The maximum Gasteiger partial charge on any atom is 0.319 e. The predicted molar refractivity (Wildman–Crippen MR) is 71.3 cm³/mol. The van der Waals surface area contributed by atoms with Gasteiger partial charge in [-0.15, -0.1) is 0 Å². The van der Waals surface area contributed by atoms with Crippen LogP contribution in [0.15, 0.2) is 18.2 Å². The average molecular weight is 310 g/mol. The second-order valence-corrected chi connectivity index (χ2v) is 5.92. The molecule has 2 amide bonds. The summed E-state index contributed by atoms with van der Waals surface area (Å²) < 4.78 is 36.6. The molecule has 0 saturated carbocycles. The summed E-state index contributed by atoms with van der Waals surface area (Å²) in [5, 5.41) is 4.75. The van der Waals surface area contributed by atoms with Crippen LogP contribution in [0.3, 0.4) is 0 Å². The summed E-state index contributed by atoms with van der Waals surface area (Å²) in [7, 11) is -3.27. The Morgan fingerprint density at radius 1 is 1.37 bits per heavy atom. The SMILES string of the molecule is CS(=O)(=O)NCCNC(=O)Nc1ccc(F)c(Cl)c1. The third-order valence-electron chi connectivity index (χ3n) is 1.95. The molecule has 0 bridgehead atoms. The molecular weight excluding hydrogens is 297 g/mol. The minimum absolute atomic E-state index is 0.0798. The van der Waals surface area contributed by atoms with E-state index >= 15 is 0 Å². The van der Waals surface area contributed by atoms with Gasteiger partial charge in [-0.3, -0.25) is 0 Å². The monoisotopic (exact) mass is 309 g/mol. The van der Waals surface area contributed by atoms with Crippen LogP contribution in [0.2, 0.25) is 5.02 Å². The van der Waals surface area contributed by atoms with Crippen molar-refractivity contribution < 1.29 is 17.6 Å². The lowest BCUT2D eigenvalue weighted by molar-refractivity contribution is 0.252. The fourth-order valence-electron chi connectivity index (χ4n) is 1.16. The van der Waals surface area contributed by atoms with Crippen LogP contribution in [-0.2, 0) is 10.0 Å². The molecule has 0 aliphatic heterocycles. The summed E-state index contributed by atoms with van der Waals surface area (Å²) in [4.78, 5) is 11.4. The standard InChI is InChI=1S/C10H13ClFN3O3S/c1-19(17,18)14-5-4-13-10(16)15-7-2-3-9(12)8(11)6-7/h2-3,6,14H,4-5H2,1H3,(H2,13,15,16). The van der Waals surface area contributed by atoms with Crippen LogP contribution in [0.25, 0.3) is 0 Å². The van der Waals surface area contributed by atoms with Gasteiger partial charge in [0.15, 0.2) is 0 Å². The Labute approximate surface area is 115 Å². The molecule has 106 valence electrons. The third-order valence-corrected chi connectivity index (χ3v) is 2.97. The predicted octanol–water partition coefficient (Wildman–Crippen LogP) is 1.15. The zero-order valence-corrected chi connectivity index (χ0v) is 11.6. The Morgan fingerprint density at radius 3 is 2.63 bits per heavy atom. The Hall–Kier alpha value is -1.38. The van der Waals surface area contributed by atoms with E-state index in [1.807, 2.05) is 0 Å². The maximum atomic E-state index is 12.9. The van der Waals surface area contributed by atoms with Crippen LogP contribution in [0, 0.1) is 5.82 Å². The minimum Gasteiger partial charge on any atom is -0.337 e. The van der Waals surface area contributed by atoms with E-state index in [2.05, 4.69) is 15.4 Å². The molecule has 1 aromatic carbocycles. The third kappa shape index (κ3) is 6.37. The fraction of sp³-hybridized carbons (Fsp3) is 0.300. The fourth-order valence-corrected chi connectivity index (χ4v) is 1.82. The number of amides is 2. The average Bonchev–Trinajstić information content (AvgIpc) is 2.28. The van der Waals surface area contributed by atoms with Crippen molar-refractivity contribution in [3.63, 3.8) is 0 Å². The van der Waals surface area contributed by atoms with Gasteiger partial charge in [-0.05, 0) is 18.2 Å². The summed E-state index contributed by atoms with van der Waals surface area (Å²) in [6.07, 6.45) is 1.02. The molecule has 0 aliphatic carbocycles. The van der Waals surface area contributed by atoms with Crippen molar-refractivity contribution in [3.05, 3.63) is 29.0 Å². The van der Waals surface area contributed by atoms with Crippen LogP contribution in [0.5, 0.6) is 0 Å². The first kappa shape index (κ1) is 15.7. The molecule has 0 unspecified atom stereocenters. The van der Waals surface area contributed by atoms with Crippen molar-refractivity contribution in [2.45, 2.75) is 0 Å². The quantitative estimate of drug-likeness (QED) is 0.713. The van der Waals surface area contributed by atoms with E-state index in [1.165, 1.54) is 12.1 Å². The van der Waals surface area contributed by atoms with E-state index < -0.39 is 21.9 Å². The molecule has 9 heteroatoms. The van der Waals surface area contributed by atoms with E-state index in [9.17, 15) is 17.6 Å². The molecule has 0 radical (unpaired) electrons. The number of carbonyl (C=O) groups is 1. The van der Waals surface area contributed by atoms with Crippen molar-refractivity contribution in [1.82, 2.24) is 10.0 Å². The molecule has 0 spiro atoms. The topological polar surface area (TPSA) is 87.3 Å². The molecule has 3 N–H and O–H groups in total. The molecule has 0 fully saturated rings. The van der Waals surface area contributed by atoms with Crippen LogP contribution >= 0.6 is 11.6 Å².